The van der Waals surface area contributed by atoms with Gasteiger partial charge in [-0.2, -0.15) is 0 Å². The second-order valence-corrected chi connectivity index (χ2v) is 4.43. The van der Waals surface area contributed by atoms with Crippen molar-refractivity contribution in [2.75, 3.05) is 13.1 Å². The summed E-state index contributed by atoms with van der Waals surface area (Å²) in [6.45, 7) is 3.77. The zero-order valence-electron chi connectivity index (χ0n) is 9.80. The number of aromatic nitrogens is 2. The fourth-order valence-electron chi connectivity index (χ4n) is 2.18. The number of likely N-dealkylation sites (tertiary alicyclic amines) is 1. The van der Waals surface area contributed by atoms with Crippen molar-refractivity contribution in [2.24, 2.45) is 0 Å². The molecule has 16 heavy (non-hydrogen) atoms. The normalized spacial score (nSPS) is 19.2. The minimum absolute atomic E-state index is 0.124. The SMILES string of the molecule is CC(C(=O)N1CCCCCC1)n1ccnc1. The summed E-state index contributed by atoms with van der Waals surface area (Å²) in [5, 5.41) is 0. The smallest absolute Gasteiger partial charge is 0.245 e. The maximum atomic E-state index is 12.2. The Kier molecular flexibility index (Phi) is 3.59. The van der Waals surface area contributed by atoms with Crippen molar-refractivity contribution in [3.05, 3.63) is 18.7 Å². The quantitative estimate of drug-likeness (QED) is 0.764. The van der Waals surface area contributed by atoms with Crippen molar-refractivity contribution in [1.82, 2.24) is 14.5 Å². The molecule has 0 radical (unpaired) electrons. The highest BCUT2D eigenvalue weighted by Crippen LogP contribution is 2.15. The van der Waals surface area contributed by atoms with Gasteiger partial charge in [-0.25, -0.2) is 4.98 Å². The third-order valence-electron chi connectivity index (χ3n) is 3.25. The van der Waals surface area contributed by atoms with Crippen LogP contribution in [0.1, 0.15) is 38.6 Å². The van der Waals surface area contributed by atoms with Gasteiger partial charge >= 0.3 is 0 Å². The van der Waals surface area contributed by atoms with Gasteiger partial charge in [0.25, 0.3) is 0 Å². The van der Waals surface area contributed by atoms with Gasteiger partial charge in [-0.15, -0.1) is 0 Å². The second-order valence-electron chi connectivity index (χ2n) is 4.43. The average Bonchev–Trinajstić information content (AvgIpc) is 2.70. The fraction of sp³-hybridized carbons (Fsp3) is 0.667. The summed E-state index contributed by atoms with van der Waals surface area (Å²) in [7, 11) is 0. The molecule has 0 aliphatic carbocycles. The van der Waals surface area contributed by atoms with E-state index in [4.69, 9.17) is 0 Å². The van der Waals surface area contributed by atoms with Crippen molar-refractivity contribution < 1.29 is 4.79 Å². The topological polar surface area (TPSA) is 38.1 Å². The number of nitrogens with zero attached hydrogens (tertiary/aromatic N) is 3. The number of imidazole rings is 1. The van der Waals surface area contributed by atoms with Crippen molar-refractivity contribution in [3.63, 3.8) is 0 Å². The van der Waals surface area contributed by atoms with E-state index in [9.17, 15) is 4.79 Å². The Bertz CT molecular complexity index is 326. The van der Waals surface area contributed by atoms with Crippen LogP contribution in [0.5, 0.6) is 0 Å². The molecule has 1 aromatic rings. The van der Waals surface area contributed by atoms with Crippen LogP contribution in [0.3, 0.4) is 0 Å². The van der Waals surface area contributed by atoms with Crippen LogP contribution in [-0.4, -0.2) is 33.4 Å². The number of carbonyl (C=O) groups excluding carboxylic acids is 1. The maximum absolute atomic E-state index is 12.2. The van der Waals surface area contributed by atoms with Crippen LogP contribution in [0.2, 0.25) is 0 Å². The van der Waals surface area contributed by atoms with Crippen LogP contribution in [0, 0.1) is 0 Å². The van der Waals surface area contributed by atoms with Crippen molar-refractivity contribution >= 4 is 5.91 Å². The van der Waals surface area contributed by atoms with E-state index in [0.29, 0.717) is 0 Å². The van der Waals surface area contributed by atoms with E-state index >= 15 is 0 Å². The third kappa shape index (κ3) is 2.43. The molecule has 4 heteroatoms. The highest BCUT2D eigenvalue weighted by Gasteiger charge is 2.21. The molecule has 1 aromatic heterocycles. The Labute approximate surface area is 96.3 Å². The minimum Gasteiger partial charge on any atom is -0.341 e. The van der Waals surface area contributed by atoms with Crippen LogP contribution < -0.4 is 0 Å². The van der Waals surface area contributed by atoms with E-state index in [1.807, 2.05) is 22.6 Å². The van der Waals surface area contributed by atoms with E-state index in [0.717, 1.165) is 25.9 Å². The largest absolute Gasteiger partial charge is 0.341 e. The molecule has 0 aromatic carbocycles. The Morgan fingerprint density at radius 2 is 1.94 bits per heavy atom. The summed E-state index contributed by atoms with van der Waals surface area (Å²) < 4.78 is 1.87. The minimum atomic E-state index is -0.124. The molecule has 1 unspecified atom stereocenters. The lowest BCUT2D eigenvalue weighted by Gasteiger charge is -2.24. The summed E-state index contributed by atoms with van der Waals surface area (Å²) in [5.41, 5.74) is 0. The molecule has 0 bridgehead atoms. The van der Waals surface area contributed by atoms with Crippen LogP contribution in [0.15, 0.2) is 18.7 Å². The molecule has 1 aliphatic rings. The molecule has 2 heterocycles. The molecular weight excluding hydrogens is 202 g/mol. The zero-order chi connectivity index (χ0) is 11.4. The molecule has 1 atom stereocenters. The summed E-state index contributed by atoms with van der Waals surface area (Å²) in [6, 6.07) is -0.124. The van der Waals surface area contributed by atoms with Gasteiger partial charge in [-0.3, -0.25) is 4.79 Å². The Morgan fingerprint density at radius 1 is 1.25 bits per heavy atom. The fourth-order valence-corrected chi connectivity index (χ4v) is 2.18. The zero-order valence-corrected chi connectivity index (χ0v) is 9.80. The number of hydrogen-bond acceptors (Lipinski definition) is 2. The number of carbonyl (C=O) groups is 1. The van der Waals surface area contributed by atoms with Crippen LogP contribution >= 0.6 is 0 Å². The molecule has 0 N–H and O–H groups in total. The highest BCUT2D eigenvalue weighted by molar-refractivity contribution is 5.80. The van der Waals surface area contributed by atoms with Gasteiger partial charge in [0.05, 0.1) is 6.33 Å². The Balaban J connectivity index is 2.00. The second kappa shape index (κ2) is 5.14. The molecule has 4 nitrogen and oxygen atoms in total. The van der Waals surface area contributed by atoms with Crippen molar-refractivity contribution in [2.45, 2.75) is 38.6 Å². The lowest BCUT2D eigenvalue weighted by Crippen LogP contribution is -2.36. The van der Waals surface area contributed by atoms with E-state index in [1.165, 1.54) is 12.8 Å². The molecule has 88 valence electrons. The van der Waals surface area contributed by atoms with Gasteiger partial charge in [-0.05, 0) is 19.8 Å². The molecule has 0 saturated carbocycles. The van der Waals surface area contributed by atoms with Gasteiger partial charge in [0, 0.05) is 25.5 Å². The van der Waals surface area contributed by atoms with Gasteiger partial charge in [0.15, 0.2) is 0 Å². The molecular formula is C12H19N3O. The predicted molar refractivity (Wildman–Crippen MR) is 62.0 cm³/mol. The molecule has 1 amide bonds. The predicted octanol–water partition coefficient (Wildman–Crippen LogP) is 1.85. The van der Waals surface area contributed by atoms with Gasteiger partial charge in [0.2, 0.25) is 5.91 Å². The summed E-state index contributed by atoms with van der Waals surface area (Å²) in [5.74, 6) is 0.222. The maximum Gasteiger partial charge on any atom is 0.245 e. The Morgan fingerprint density at radius 3 is 2.50 bits per heavy atom. The van der Waals surface area contributed by atoms with E-state index in [2.05, 4.69) is 4.98 Å². The number of amides is 1. The number of rotatable bonds is 2. The monoisotopic (exact) mass is 221 g/mol. The lowest BCUT2D eigenvalue weighted by atomic mass is 10.2. The first-order valence-corrected chi connectivity index (χ1v) is 6.05. The third-order valence-corrected chi connectivity index (χ3v) is 3.25. The summed E-state index contributed by atoms with van der Waals surface area (Å²) in [6.07, 6.45) is 10.1. The van der Waals surface area contributed by atoms with Crippen LogP contribution in [0.25, 0.3) is 0 Å². The lowest BCUT2D eigenvalue weighted by molar-refractivity contribution is -0.134. The van der Waals surface area contributed by atoms with Gasteiger partial charge in [-0.1, -0.05) is 12.8 Å². The molecule has 1 aliphatic heterocycles. The molecule has 1 saturated heterocycles. The first kappa shape index (κ1) is 11.2. The summed E-state index contributed by atoms with van der Waals surface area (Å²) in [4.78, 5) is 18.2. The van der Waals surface area contributed by atoms with E-state index in [-0.39, 0.29) is 11.9 Å². The van der Waals surface area contributed by atoms with Crippen molar-refractivity contribution in [1.29, 1.82) is 0 Å². The average molecular weight is 221 g/mol. The standard InChI is InChI=1S/C12H19N3O/c1-11(15-9-6-13-10-15)12(16)14-7-4-2-3-5-8-14/h6,9-11H,2-5,7-8H2,1H3. The Hall–Kier alpha value is -1.32. The summed E-state index contributed by atoms with van der Waals surface area (Å²) >= 11 is 0. The molecule has 0 spiro atoms. The molecule has 2 rings (SSSR count). The van der Waals surface area contributed by atoms with Crippen molar-refractivity contribution in [3.8, 4) is 0 Å². The highest BCUT2D eigenvalue weighted by atomic mass is 16.2. The number of hydrogen-bond donors (Lipinski definition) is 0. The first-order chi connectivity index (χ1) is 7.79. The first-order valence-electron chi connectivity index (χ1n) is 6.05. The van der Waals surface area contributed by atoms with Crippen LogP contribution in [0.4, 0.5) is 0 Å². The van der Waals surface area contributed by atoms with Gasteiger partial charge in [0.1, 0.15) is 6.04 Å². The van der Waals surface area contributed by atoms with E-state index < -0.39 is 0 Å². The van der Waals surface area contributed by atoms with E-state index in [1.54, 1.807) is 12.5 Å². The van der Waals surface area contributed by atoms with Gasteiger partial charge < -0.3 is 9.47 Å². The molecule has 1 fully saturated rings. The van der Waals surface area contributed by atoms with Crippen LogP contribution in [-0.2, 0) is 4.79 Å².